The van der Waals surface area contributed by atoms with E-state index in [-0.39, 0.29) is 16.8 Å². The molecule has 1 atom stereocenters. The monoisotopic (exact) mass is 470 g/mol. The van der Waals surface area contributed by atoms with Crippen LogP contribution in [0, 0.1) is 5.92 Å². The molecule has 9 heteroatoms. The maximum Gasteiger partial charge on any atom is 0.306 e. The molecule has 1 aliphatic rings. The maximum atomic E-state index is 13.2. The van der Waals surface area contributed by atoms with Gasteiger partial charge in [-0.25, -0.2) is 17.4 Å². The van der Waals surface area contributed by atoms with Crippen LogP contribution in [0.4, 0.5) is 11.4 Å². The number of carbonyl (C=O) groups is 1. The fourth-order valence-corrected chi connectivity index (χ4v) is 5.69. The fourth-order valence-electron chi connectivity index (χ4n) is 4.37. The summed E-state index contributed by atoms with van der Waals surface area (Å²) in [5.74, 6) is -0.0753. The average Bonchev–Trinajstić information content (AvgIpc) is 3.18. The van der Waals surface area contributed by atoms with E-state index in [0.29, 0.717) is 29.7 Å². The molecule has 0 bridgehead atoms. The van der Waals surface area contributed by atoms with Crippen LogP contribution < -0.4 is 10.6 Å². The normalized spacial score (nSPS) is 17.3. The van der Waals surface area contributed by atoms with Crippen LogP contribution in [0.5, 0.6) is 0 Å². The van der Waals surface area contributed by atoms with Crippen molar-refractivity contribution in [1.82, 2.24) is 8.96 Å². The highest BCUT2D eigenvalue weighted by Crippen LogP contribution is 2.36. The summed E-state index contributed by atoms with van der Waals surface area (Å²) in [6.45, 7) is 6.99. The number of anilines is 2. The first-order chi connectivity index (χ1) is 15.6. The number of nitrogens with zero attached hydrogens (tertiary/aromatic N) is 3. The minimum atomic E-state index is -3.79. The first kappa shape index (κ1) is 23.1. The second-order valence-corrected chi connectivity index (χ2v) is 11.3. The van der Waals surface area contributed by atoms with Crippen molar-refractivity contribution in [2.24, 2.45) is 5.92 Å². The van der Waals surface area contributed by atoms with Crippen LogP contribution in [0.15, 0.2) is 53.7 Å². The number of hydrogen-bond donors (Lipinski definition) is 1. The Morgan fingerprint density at radius 3 is 2.64 bits per heavy atom. The number of nitrogens with two attached hydrogens (primary N) is 1. The highest BCUT2D eigenvalue weighted by atomic mass is 32.2. The van der Waals surface area contributed by atoms with Gasteiger partial charge in [-0.3, -0.25) is 4.79 Å². The van der Waals surface area contributed by atoms with E-state index in [1.54, 1.807) is 36.4 Å². The number of piperidine rings is 1. The SMILES string of the molecule is CC(C)(C)OC(=O)C[C@H]1CCCN(c2c(N)cnc3c2ccn3S(=O)(=O)c2ccccc2)C1. The molecule has 0 spiro atoms. The third-order valence-corrected chi connectivity index (χ3v) is 7.37. The van der Waals surface area contributed by atoms with Gasteiger partial charge in [-0.05, 0) is 57.7 Å². The van der Waals surface area contributed by atoms with Crippen LogP contribution in [0.1, 0.15) is 40.0 Å². The number of fused-ring (bicyclic) bond motifs is 1. The van der Waals surface area contributed by atoms with Crippen molar-refractivity contribution in [1.29, 1.82) is 0 Å². The zero-order chi connectivity index (χ0) is 23.8. The molecule has 1 saturated heterocycles. The number of carbonyl (C=O) groups excluding carboxylic acids is 1. The smallest absolute Gasteiger partial charge is 0.306 e. The molecule has 0 unspecified atom stereocenters. The Morgan fingerprint density at radius 2 is 1.94 bits per heavy atom. The summed E-state index contributed by atoms with van der Waals surface area (Å²) >= 11 is 0. The van der Waals surface area contributed by atoms with Gasteiger partial charge in [-0.1, -0.05) is 18.2 Å². The Morgan fingerprint density at radius 1 is 1.21 bits per heavy atom. The van der Waals surface area contributed by atoms with E-state index in [4.69, 9.17) is 10.5 Å². The van der Waals surface area contributed by atoms with Crippen LogP contribution in [0.3, 0.4) is 0 Å². The van der Waals surface area contributed by atoms with Crippen molar-refractivity contribution >= 4 is 38.4 Å². The number of nitrogen functional groups attached to an aromatic ring is 1. The van der Waals surface area contributed by atoms with E-state index in [0.717, 1.165) is 25.1 Å². The minimum Gasteiger partial charge on any atom is -0.460 e. The molecule has 33 heavy (non-hydrogen) atoms. The highest BCUT2D eigenvalue weighted by molar-refractivity contribution is 7.90. The first-order valence-electron chi connectivity index (χ1n) is 11.1. The van der Waals surface area contributed by atoms with Crippen molar-refractivity contribution in [2.75, 3.05) is 23.7 Å². The van der Waals surface area contributed by atoms with Crippen LogP contribution in [-0.2, 0) is 19.6 Å². The first-order valence-corrected chi connectivity index (χ1v) is 12.5. The molecule has 0 aliphatic carbocycles. The molecule has 0 radical (unpaired) electrons. The lowest BCUT2D eigenvalue weighted by Gasteiger charge is -2.35. The lowest BCUT2D eigenvalue weighted by molar-refractivity contribution is -0.156. The number of aromatic nitrogens is 2. The predicted molar refractivity (Wildman–Crippen MR) is 129 cm³/mol. The van der Waals surface area contributed by atoms with Gasteiger partial charge in [0.15, 0.2) is 5.65 Å². The Hall–Kier alpha value is -3.07. The molecular weight excluding hydrogens is 440 g/mol. The van der Waals surface area contributed by atoms with Gasteiger partial charge in [-0.2, -0.15) is 0 Å². The molecule has 176 valence electrons. The average molecular weight is 471 g/mol. The third-order valence-electron chi connectivity index (χ3n) is 5.69. The molecule has 8 nitrogen and oxygen atoms in total. The number of pyridine rings is 1. The van der Waals surface area contributed by atoms with E-state index in [1.807, 2.05) is 20.8 Å². The lowest BCUT2D eigenvalue weighted by Crippen LogP contribution is -2.37. The topological polar surface area (TPSA) is 108 Å². The molecule has 3 heterocycles. The molecule has 1 aromatic carbocycles. The molecule has 1 fully saturated rings. The second kappa shape index (κ2) is 8.70. The van der Waals surface area contributed by atoms with Gasteiger partial charge in [0.1, 0.15) is 5.60 Å². The van der Waals surface area contributed by atoms with Gasteiger partial charge in [0.25, 0.3) is 10.0 Å². The van der Waals surface area contributed by atoms with Gasteiger partial charge in [0.05, 0.1) is 28.9 Å². The van der Waals surface area contributed by atoms with Gasteiger partial charge < -0.3 is 15.4 Å². The van der Waals surface area contributed by atoms with Gasteiger partial charge in [-0.15, -0.1) is 0 Å². The van der Waals surface area contributed by atoms with Crippen LogP contribution >= 0.6 is 0 Å². The van der Waals surface area contributed by atoms with Crippen LogP contribution in [-0.4, -0.2) is 42.0 Å². The standard InChI is InChI=1S/C24H30N4O4S/c1-24(2,3)32-21(29)14-17-8-7-12-27(16-17)22-19-11-13-28(23(19)26-15-20(22)25)33(30,31)18-9-5-4-6-10-18/h4-6,9-11,13,15,17H,7-8,12,14,16,25H2,1-3H3/t17-/m1/s1. The summed E-state index contributed by atoms with van der Waals surface area (Å²) in [4.78, 5) is 19.0. The maximum absolute atomic E-state index is 13.2. The Kier molecular flexibility index (Phi) is 6.09. The van der Waals surface area contributed by atoms with E-state index < -0.39 is 15.6 Å². The summed E-state index contributed by atoms with van der Waals surface area (Å²) < 4.78 is 33.1. The highest BCUT2D eigenvalue weighted by Gasteiger charge is 2.28. The molecule has 2 N–H and O–H groups in total. The van der Waals surface area contributed by atoms with Gasteiger partial charge in [0.2, 0.25) is 0 Å². The van der Waals surface area contributed by atoms with Crippen molar-refractivity contribution in [2.45, 2.75) is 50.5 Å². The van der Waals surface area contributed by atoms with Crippen molar-refractivity contribution in [3.05, 3.63) is 48.8 Å². The summed E-state index contributed by atoms with van der Waals surface area (Å²) in [6, 6.07) is 10.0. The van der Waals surface area contributed by atoms with Crippen LogP contribution in [0.25, 0.3) is 11.0 Å². The van der Waals surface area contributed by atoms with Crippen molar-refractivity contribution < 1.29 is 17.9 Å². The summed E-state index contributed by atoms with van der Waals surface area (Å²) in [5, 5.41) is 0.674. The van der Waals surface area contributed by atoms with Gasteiger partial charge in [0, 0.05) is 24.7 Å². The number of rotatable bonds is 5. The number of esters is 1. The van der Waals surface area contributed by atoms with Crippen molar-refractivity contribution in [3.8, 4) is 0 Å². The predicted octanol–water partition coefficient (Wildman–Crippen LogP) is 3.80. The zero-order valence-electron chi connectivity index (χ0n) is 19.2. The number of hydrogen-bond acceptors (Lipinski definition) is 7. The molecule has 0 saturated carbocycles. The van der Waals surface area contributed by atoms with E-state index >= 15 is 0 Å². The van der Waals surface area contributed by atoms with E-state index in [1.165, 1.54) is 16.4 Å². The Bertz CT molecular complexity index is 1260. The molecule has 3 aromatic rings. The van der Waals surface area contributed by atoms with E-state index in [9.17, 15) is 13.2 Å². The second-order valence-electron chi connectivity index (χ2n) is 9.47. The van der Waals surface area contributed by atoms with E-state index in [2.05, 4.69) is 9.88 Å². The van der Waals surface area contributed by atoms with Crippen LogP contribution in [0.2, 0.25) is 0 Å². The minimum absolute atomic E-state index is 0.131. The molecule has 4 rings (SSSR count). The molecule has 1 aliphatic heterocycles. The molecular formula is C24H30N4O4S. The van der Waals surface area contributed by atoms with Gasteiger partial charge >= 0.3 is 5.97 Å². The Balaban J connectivity index is 1.65. The summed E-state index contributed by atoms with van der Waals surface area (Å²) in [5.41, 5.74) is 7.38. The summed E-state index contributed by atoms with van der Waals surface area (Å²) in [6.07, 6.45) is 5.19. The third kappa shape index (κ3) is 4.83. The summed E-state index contributed by atoms with van der Waals surface area (Å²) in [7, 11) is -3.79. The van der Waals surface area contributed by atoms with Crippen molar-refractivity contribution in [3.63, 3.8) is 0 Å². The fraction of sp³-hybridized carbons (Fsp3) is 0.417. The molecule has 0 amide bonds. The zero-order valence-corrected chi connectivity index (χ0v) is 20.0. The quantitative estimate of drug-likeness (QED) is 0.565. The Labute approximate surface area is 194 Å². The largest absolute Gasteiger partial charge is 0.460 e. The molecule has 2 aromatic heterocycles. The number of benzene rings is 1. The lowest BCUT2D eigenvalue weighted by atomic mass is 9.94. The number of ether oxygens (including phenoxy) is 1.